The van der Waals surface area contributed by atoms with Gasteiger partial charge in [0.05, 0.1) is 5.60 Å². The molecule has 0 saturated carbocycles. The molecule has 1 unspecified atom stereocenters. The van der Waals surface area contributed by atoms with E-state index in [9.17, 15) is 5.11 Å². The first-order valence-corrected chi connectivity index (χ1v) is 7.86. The highest BCUT2D eigenvalue weighted by molar-refractivity contribution is 4.85. The maximum absolute atomic E-state index is 10.9. The average molecular weight is 242 g/mol. The van der Waals surface area contributed by atoms with Crippen molar-refractivity contribution >= 4 is 0 Å². The van der Waals surface area contributed by atoms with Crippen LogP contribution < -0.4 is 0 Å². The predicted molar refractivity (Wildman–Crippen MR) is 77.3 cm³/mol. The van der Waals surface area contributed by atoms with Crippen molar-refractivity contribution < 1.29 is 5.11 Å². The van der Waals surface area contributed by atoms with Crippen LogP contribution in [-0.2, 0) is 0 Å². The van der Waals surface area contributed by atoms with Crippen molar-refractivity contribution in [1.29, 1.82) is 0 Å². The largest absolute Gasteiger partial charge is 0.390 e. The van der Waals surface area contributed by atoms with Gasteiger partial charge < -0.3 is 5.11 Å². The fraction of sp³-hybridized carbons (Fsp3) is 1.00. The van der Waals surface area contributed by atoms with Gasteiger partial charge in [0.2, 0.25) is 0 Å². The summed E-state index contributed by atoms with van der Waals surface area (Å²) < 4.78 is 0. The highest BCUT2D eigenvalue weighted by Gasteiger charge is 2.33. The zero-order valence-corrected chi connectivity index (χ0v) is 12.6. The minimum absolute atomic E-state index is 0.389. The third-order valence-corrected chi connectivity index (χ3v) is 4.15. The van der Waals surface area contributed by atoms with E-state index in [4.69, 9.17) is 0 Å². The molecule has 0 saturated heterocycles. The van der Waals surface area contributed by atoms with Crippen molar-refractivity contribution in [1.82, 2.24) is 0 Å². The van der Waals surface area contributed by atoms with Gasteiger partial charge in [-0.2, -0.15) is 0 Å². The van der Waals surface area contributed by atoms with E-state index >= 15 is 0 Å². The van der Waals surface area contributed by atoms with Gasteiger partial charge in [0.15, 0.2) is 0 Å². The third kappa shape index (κ3) is 6.45. The summed E-state index contributed by atoms with van der Waals surface area (Å²) in [6.07, 6.45) is 11.7. The minimum atomic E-state index is -0.389. The third-order valence-electron chi connectivity index (χ3n) is 4.15. The zero-order chi connectivity index (χ0) is 13.1. The second-order valence-corrected chi connectivity index (χ2v) is 5.54. The molecule has 17 heavy (non-hydrogen) atoms. The summed E-state index contributed by atoms with van der Waals surface area (Å²) in [5.41, 5.74) is -0.389. The predicted octanol–water partition coefficient (Wildman–Crippen LogP) is 5.31. The normalized spacial score (nSPS) is 15.2. The van der Waals surface area contributed by atoms with Crippen LogP contribution in [-0.4, -0.2) is 10.7 Å². The highest BCUT2D eigenvalue weighted by atomic mass is 16.3. The van der Waals surface area contributed by atoms with E-state index < -0.39 is 0 Å². The quantitative estimate of drug-likeness (QED) is 0.520. The van der Waals surface area contributed by atoms with Crippen LogP contribution in [0.25, 0.3) is 0 Å². The van der Waals surface area contributed by atoms with E-state index in [1.807, 2.05) is 0 Å². The molecule has 1 atom stereocenters. The van der Waals surface area contributed by atoms with Crippen LogP contribution in [0.1, 0.15) is 91.9 Å². The Hall–Kier alpha value is -0.0400. The van der Waals surface area contributed by atoms with Crippen LogP contribution >= 0.6 is 0 Å². The maximum atomic E-state index is 10.9. The topological polar surface area (TPSA) is 20.2 Å². The average Bonchev–Trinajstić information content (AvgIpc) is 2.36. The molecule has 0 aliphatic heterocycles. The smallest absolute Gasteiger partial charge is 0.0673 e. The second-order valence-electron chi connectivity index (χ2n) is 5.54. The van der Waals surface area contributed by atoms with Crippen LogP contribution in [0.5, 0.6) is 0 Å². The van der Waals surface area contributed by atoms with E-state index in [-0.39, 0.29) is 5.60 Å². The summed E-state index contributed by atoms with van der Waals surface area (Å²) in [6, 6.07) is 0. The van der Waals surface area contributed by atoms with Crippen molar-refractivity contribution in [3.63, 3.8) is 0 Å². The van der Waals surface area contributed by atoms with Gasteiger partial charge in [0.25, 0.3) is 0 Å². The molecule has 0 aliphatic carbocycles. The Morgan fingerprint density at radius 3 is 1.65 bits per heavy atom. The van der Waals surface area contributed by atoms with Crippen molar-refractivity contribution in [3.8, 4) is 0 Å². The van der Waals surface area contributed by atoms with Crippen LogP contribution in [0.15, 0.2) is 0 Å². The lowest BCUT2D eigenvalue weighted by Gasteiger charge is -2.36. The minimum Gasteiger partial charge on any atom is -0.390 e. The van der Waals surface area contributed by atoms with Gasteiger partial charge in [-0.1, -0.05) is 66.2 Å². The first-order valence-electron chi connectivity index (χ1n) is 7.86. The Kier molecular flexibility index (Phi) is 9.91. The molecule has 0 aromatic rings. The van der Waals surface area contributed by atoms with Crippen LogP contribution in [0.3, 0.4) is 0 Å². The summed E-state index contributed by atoms with van der Waals surface area (Å²) >= 11 is 0. The van der Waals surface area contributed by atoms with E-state index in [2.05, 4.69) is 27.7 Å². The molecule has 0 heterocycles. The number of hydrogen-bond donors (Lipinski definition) is 1. The monoisotopic (exact) mass is 242 g/mol. The van der Waals surface area contributed by atoms with E-state index in [1.165, 1.54) is 51.4 Å². The van der Waals surface area contributed by atoms with Crippen molar-refractivity contribution in [2.45, 2.75) is 97.5 Å². The molecular weight excluding hydrogens is 208 g/mol. The Balaban J connectivity index is 4.44. The van der Waals surface area contributed by atoms with Gasteiger partial charge in [0, 0.05) is 0 Å². The SMILES string of the molecule is CCCCC(CCCC)C(O)(CC)CCCC. The van der Waals surface area contributed by atoms with Gasteiger partial charge in [-0.3, -0.25) is 0 Å². The molecule has 0 bridgehead atoms. The van der Waals surface area contributed by atoms with Crippen LogP contribution in [0.4, 0.5) is 0 Å². The molecule has 1 heteroatoms. The van der Waals surface area contributed by atoms with Gasteiger partial charge in [-0.15, -0.1) is 0 Å². The van der Waals surface area contributed by atoms with Crippen molar-refractivity contribution in [3.05, 3.63) is 0 Å². The number of aliphatic hydroxyl groups is 1. The molecule has 0 fully saturated rings. The Morgan fingerprint density at radius 2 is 1.29 bits per heavy atom. The number of hydrogen-bond acceptors (Lipinski definition) is 1. The molecule has 0 amide bonds. The molecule has 104 valence electrons. The summed E-state index contributed by atoms with van der Waals surface area (Å²) in [4.78, 5) is 0. The van der Waals surface area contributed by atoms with Gasteiger partial charge in [-0.25, -0.2) is 0 Å². The van der Waals surface area contributed by atoms with Gasteiger partial charge >= 0.3 is 0 Å². The second kappa shape index (κ2) is 9.94. The number of rotatable bonds is 11. The molecule has 1 N–H and O–H groups in total. The molecule has 0 aromatic carbocycles. The molecule has 1 nitrogen and oxygen atoms in total. The van der Waals surface area contributed by atoms with E-state index in [0.717, 1.165) is 12.8 Å². The molecular formula is C16H34O. The standard InChI is InChI=1S/C16H34O/c1-5-9-12-15(13-10-6-2)16(17,8-4)14-11-7-3/h15,17H,5-14H2,1-4H3. The molecule has 0 radical (unpaired) electrons. The Labute approximate surface area is 109 Å². The molecule has 0 aromatic heterocycles. The fourth-order valence-electron chi connectivity index (χ4n) is 2.74. The Morgan fingerprint density at radius 1 is 0.824 bits per heavy atom. The summed E-state index contributed by atoms with van der Waals surface area (Å²) in [7, 11) is 0. The van der Waals surface area contributed by atoms with Gasteiger partial charge in [-0.05, 0) is 31.6 Å². The van der Waals surface area contributed by atoms with Crippen LogP contribution in [0.2, 0.25) is 0 Å². The molecule has 0 aliphatic rings. The van der Waals surface area contributed by atoms with E-state index in [0.29, 0.717) is 5.92 Å². The van der Waals surface area contributed by atoms with E-state index in [1.54, 1.807) is 0 Å². The van der Waals surface area contributed by atoms with Gasteiger partial charge in [0.1, 0.15) is 0 Å². The first-order chi connectivity index (χ1) is 8.14. The summed E-state index contributed by atoms with van der Waals surface area (Å²) in [5.74, 6) is 0.527. The summed E-state index contributed by atoms with van der Waals surface area (Å²) in [5, 5.41) is 10.9. The lowest BCUT2D eigenvalue weighted by atomic mass is 9.76. The van der Waals surface area contributed by atoms with Crippen LogP contribution in [0, 0.1) is 5.92 Å². The lowest BCUT2D eigenvalue weighted by molar-refractivity contribution is -0.0394. The fourth-order valence-corrected chi connectivity index (χ4v) is 2.74. The number of unbranched alkanes of at least 4 members (excludes halogenated alkanes) is 3. The molecule has 0 rings (SSSR count). The summed E-state index contributed by atoms with van der Waals surface area (Å²) in [6.45, 7) is 8.85. The maximum Gasteiger partial charge on any atom is 0.0673 e. The molecule has 0 spiro atoms. The van der Waals surface area contributed by atoms with Crippen molar-refractivity contribution in [2.24, 2.45) is 5.92 Å². The highest BCUT2D eigenvalue weighted by Crippen LogP contribution is 2.34. The first kappa shape index (κ1) is 17.0. The Bertz CT molecular complexity index is 159. The lowest BCUT2D eigenvalue weighted by Crippen LogP contribution is -2.37. The zero-order valence-electron chi connectivity index (χ0n) is 12.6. The van der Waals surface area contributed by atoms with Crippen molar-refractivity contribution in [2.75, 3.05) is 0 Å².